The van der Waals surface area contributed by atoms with Gasteiger partial charge in [-0.25, -0.2) is 9.97 Å². The maximum absolute atomic E-state index is 4.47. The summed E-state index contributed by atoms with van der Waals surface area (Å²) in [5.41, 5.74) is 1.12. The van der Waals surface area contributed by atoms with Crippen LogP contribution in [0.1, 0.15) is 31.7 Å². The minimum Gasteiger partial charge on any atom is -0.356 e. The molecule has 0 radical (unpaired) electrons. The third-order valence-corrected chi connectivity index (χ3v) is 5.08. The number of aliphatic imine (C=N–C) groups is 1. The summed E-state index contributed by atoms with van der Waals surface area (Å²) in [6, 6.07) is 4.06. The van der Waals surface area contributed by atoms with Crippen molar-refractivity contribution in [2.24, 2.45) is 10.9 Å². The molecule has 3 heterocycles. The van der Waals surface area contributed by atoms with Gasteiger partial charge in [-0.05, 0) is 56.4 Å². The van der Waals surface area contributed by atoms with Crippen molar-refractivity contribution in [2.45, 2.75) is 32.7 Å². The van der Waals surface area contributed by atoms with E-state index in [4.69, 9.17) is 0 Å². The van der Waals surface area contributed by atoms with Crippen LogP contribution in [0.3, 0.4) is 0 Å². The molecule has 0 atom stereocenters. The number of nitrogens with one attached hydrogen (secondary N) is 2. The predicted octanol–water partition coefficient (Wildman–Crippen LogP) is 2.67. The van der Waals surface area contributed by atoms with Crippen LogP contribution in [-0.4, -0.2) is 58.6 Å². The van der Waals surface area contributed by atoms with Gasteiger partial charge in [0.2, 0.25) is 0 Å². The first-order valence-corrected chi connectivity index (χ1v) is 9.84. The minimum absolute atomic E-state index is 0. The van der Waals surface area contributed by atoms with Crippen LogP contribution in [0, 0.1) is 5.92 Å². The number of imidazole rings is 1. The highest BCUT2D eigenvalue weighted by atomic mass is 127. The van der Waals surface area contributed by atoms with Crippen LogP contribution in [0.25, 0.3) is 5.82 Å². The highest BCUT2D eigenvalue weighted by molar-refractivity contribution is 14.0. The van der Waals surface area contributed by atoms with Gasteiger partial charge in [-0.2, -0.15) is 0 Å². The zero-order valence-corrected chi connectivity index (χ0v) is 19.2. The highest BCUT2D eigenvalue weighted by Gasteiger charge is 2.14. The second-order valence-electron chi connectivity index (χ2n) is 7.22. The summed E-state index contributed by atoms with van der Waals surface area (Å²) in [5, 5.41) is 6.75. The number of pyridine rings is 1. The summed E-state index contributed by atoms with van der Waals surface area (Å²) in [6.07, 6.45) is 11.1. The molecule has 3 rings (SSSR count). The molecule has 7 nitrogen and oxygen atoms in total. The smallest absolute Gasteiger partial charge is 0.191 e. The van der Waals surface area contributed by atoms with Gasteiger partial charge < -0.3 is 15.5 Å². The molecular formula is C20H32IN7. The molecule has 1 saturated heterocycles. The van der Waals surface area contributed by atoms with Crippen molar-refractivity contribution in [2.75, 3.05) is 33.2 Å². The molecule has 28 heavy (non-hydrogen) atoms. The molecule has 2 aromatic heterocycles. The van der Waals surface area contributed by atoms with Gasteiger partial charge in [0.05, 0.1) is 0 Å². The molecule has 0 unspecified atom stereocenters. The van der Waals surface area contributed by atoms with E-state index in [9.17, 15) is 0 Å². The number of guanidine groups is 1. The SMILES string of the molecule is CN=C(NCCCN1CCC(C)CC1)NCc1ccc(-n2ccnc2)nc1.I. The van der Waals surface area contributed by atoms with Crippen LogP contribution >= 0.6 is 24.0 Å². The van der Waals surface area contributed by atoms with E-state index in [1.54, 1.807) is 12.5 Å². The van der Waals surface area contributed by atoms with Crippen LogP contribution in [0.2, 0.25) is 0 Å². The van der Waals surface area contributed by atoms with Crippen LogP contribution < -0.4 is 10.6 Å². The Kier molecular flexibility index (Phi) is 9.69. The highest BCUT2D eigenvalue weighted by Crippen LogP contribution is 2.15. The lowest BCUT2D eigenvalue weighted by Gasteiger charge is -2.30. The molecular weight excluding hydrogens is 465 g/mol. The van der Waals surface area contributed by atoms with Gasteiger partial charge in [-0.1, -0.05) is 13.0 Å². The van der Waals surface area contributed by atoms with Crippen LogP contribution in [0.15, 0.2) is 42.0 Å². The van der Waals surface area contributed by atoms with Crippen molar-refractivity contribution in [1.29, 1.82) is 0 Å². The average Bonchev–Trinajstić information content (AvgIpc) is 3.24. The maximum atomic E-state index is 4.47. The number of halogens is 1. The lowest BCUT2D eigenvalue weighted by Crippen LogP contribution is -2.39. The minimum atomic E-state index is 0. The van der Waals surface area contributed by atoms with E-state index in [2.05, 4.69) is 43.5 Å². The number of piperidine rings is 1. The summed E-state index contributed by atoms with van der Waals surface area (Å²) >= 11 is 0. The van der Waals surface area contributed by atoms with Gasteiger partial charge in [-0.15, -0.1) is 24.0 Å². The van der Waals surface area contributed by atoms with Gasteiger partial charge in [0.15, 0.2) is 5.96 Å². The van der Waals surface area contributed by atoms with Gasteiger partial charge in [0.25, 0.3) is 0 Å². The molecule has 0 amide bonds. The number of rotatable bonds is 7. The maximum Gasteiger partial charge on any atom is 0.191 e. The summed E-state index contributed by atoms with van der Waals surface area (Å²) in [5.74, 6) is 2.60. The normalized spacial score (nSPS) is 15.9. The number of hydrogen-bond acceptors (Lipinski definition) is 4. The van der Waals surface area contributed by atoms with E-state index in [1.807, 2.05) is 30.1 Å². The molecule has 154 valence electrons. The molecule has 0 bridgehead atoms. The number of nitrogens with zero attached hydrogens (tertiary/aromatic N) is 5. The molecule has 0 aromatic carbocycles. The Morgan fingerprint density at radius 2 is 2.07 bits per heavy atom. The fourth-order valence-electron chi connectivity index (χ4n) is 3.27. The first-order valence-electron chi connectivity index (χ1n) is 9.84. The Labute approximate surface area is 185 Å². The number of likely N-dealkylation sites (tertiary alicyclic amines) is 1. The fourth-order valence-corrected chi connectivity index (χ4v) is 3.27. The zero-order valence-electron chi connectivity index (χ0n) is 16.8. The first-order chi connectivity index (χ1) is 13.2. The summed E-state index contributed by atoms with van der Waals surface area (Å²) in [7, 11) is 1.81. The Morgan fingerprint density at radius 1 is 1.25 bits per heavy atom. The van der Waals surface area contributed by atoms with Gasteiger partial charge >= 0.3 is 0 Å². The number of hydrogen-bond donors (Lipinski definition) is 2. The molecule has 0 aliphatic carbocycles. The third-order valence-electron chi connectivity index (χ3n) is 5.08. The summed E-state index contributed by atoms with van der Waals surface area (Å²) in [6.45, 7) is 7.64. The van der Waals surface area contributed by atoms with Crippen LogP contribution in [-0.2, 0) is 6.54 Å². The molecule has 0 saturated carbocycles. The van der Waals surface area contributed by atoms with E-state index >= 15 is 0 Å². The molecule has 1 fully saturated rings. The third kappa shape index (κ3) is 7.05. The van der Waals surface area contributed by atoms with Crippen molar-refractivity contribution in [3.05, 3.63) is 42.6 Å². The molecule has 0 spiro atoms. The monoisotopic (exact) mass is 497 g/mol. The topological polar surface area (TPSA) is 70.4 Å². The molecule has 1 aliphatic heterocycles. The molecule has 1 aliphatic rings. The fraction of sp³-hybridized carbons (Fsp3) is 0.550. The van der Waals surface area contributed by atoms with Gasteiger partial charge in [0.1, 0.15) is 12.1 Å². The Bertz CT molecular complexity index is 692. The van der Waals surface area contributed by atoms with Crippen molar-refractivity contribution in [3.8, 4) is 5.82 Å². The first kappa shape index (κ1) is 22.6. The number of aromatic nitrogens is 3. The Hall–Kier alpha value is -1.68. The van der Waals surface area contributed by atoms with Crippen LogP contribution in [0.4, 0.5) is 0 Å². The van der Waals surface area contributed by atoms with Crippen molar-refractivity contribution in [3.63, 3.8) is 0 Å². The standard InChI is InChI=1S/C20H31N7.HI/c1-17-6-11-26(12-7-17)10-3-8-23-20(21-2)25-15-18-4-5-19(24-14-18)27-13-9-22-16-27;/h4-5,9,13-14,16-17H,3,6-8,10-12,15H2,1-2H3,(H2,21,23,25);1H. The average molecular weight is 497 g/mol. The van der Waals surface area contributed by atoms with Gasteiger partial charge in [-0.3, -0.25) is 9.56 Å². The Morgan fingerprint density at radius 3 is 2.71 bits per heavy atom. The lowest BCUT2D eigenvalue weighted by atomic mass is 9.99. The summed E-state index contributed by atoms with van der Waals surface area (Å²) in [4.78, 5) is 15.4. The summed E-state index contributed by atoms with van der Waals surface area (Å²) < 4.78 is 1.89. The zero-order chi connectivity index (χ0) is 18.9. The predicted molar refractivity (Wildman–Crippen MR) is 124 cm³/mol. The molecule has 2 aromatic rings. The van der Waals surface area contributed by atoms with Crippen molar-refractivity contribution >= 4 is 29.9 Å². The molecule has 8 heteroatoms. The second-order valence-corrected chi connectivity index (χ2v) is 7.22. The second kappa shape index (κ2) is 12.0. The van der Waals surface area contributed by atoms with E-state index in [-0.39, 0.29) is 24.0 Å². The quantitative estimate of drug-likeness (QED) is 0.267. The van der Waals surface area contributed by atoms with E-state index < -0.39 is 0 Å². The Balaban J connectivity index is 0.00000280. The lowest BCUT2D eigenvalue weighted by molar-refractivity contribution is 0.191. The van der Waals surface area contributed by atoms with Crippen molar-refractivity contribution < 1.29 is 0 Å². The van der Waals surface area contributed by atoms with E-state index in [1.165, 1.54) is 25.9 Å². The van der Waals surface area contributed by atoms with Gasteiger partial charge in [0, 0.05) is 38.7 Å². The van der Waals surface area contributed by atoms with E-state index in [0.717, 1.165) is 42.8 Å². The van der Waals surface area contributed by atoms with Crippen LogP contribution in [0.5, 0.6) is 0 Å². The van der Waals surface area contributed by atoms with Crippen molar-refractivity contribution in [1.82, 2.24) is 30.1 Å². The molecule has 2 N–H and O–H groups in total. The van der Waals surface area contributed by atoms with E-state index in [0.29, 0.717) is 6.54 Å². The largest absolute Gasteiger partial charge is 0.356 e.